The molecule has 0 fully saturated rings. The number of anilines is 1. The van der Waals surface area contributed by atoms with E-state index >= 15 is 0 Å². The van der Waals surface area contributed by atoms with Crippen LogP contribution in [0.3, 0.4) is 0 Å². The van der Waals surface area contributed by atoms with Crippen molar-refractivity contribution in [1.29, 1.82) is 0 Å². The molecule has 2 rings (SSSR count). The molecule has 0 aliphatic heterocycles. The number of nitrogens with one attached hydrogen (secondary N) is 2. The summed E-state index contributed by atoms with van der Waals surface area (Å²) in [6.45, 7) is 3.16. The topological polar surface area (TPSA) is 101 Å². The molecular weight excluding hydrogens is 294 g/mol. The number of amides is 1. The van der Waals surface area contributed by atoms with Crippen molar-refractivity contribution < 1.29 is 17.7 Å². The van der Waals surface area contributed by atoms with E-state index in [1.165, 1.54) is 31.2 Å². The summed E-state index contributed by atoms with van der Waals surface area (Å²) in [6.07, 6.45) is 0. The van der Waals surface area contributed by atoms with Crippen LogP contribution in [0.25, 0.3) is 0 Å². The summed E-state index contributed by atoms with van der Waals surface area (Å²) in [5, 5.41) is 6.28. The van der Waals surface area contributed by atoms with Crippen LogP contribution in [0.4, 0.5) is 5.69 Å². The van der Waals surface area contributed by atoms with Gasteiger partial charge in [-0.3, -0.25) is 4.79 Å². The predicted molar refractivity (Wildman–Crippen MR) is 76.0 cm³/mol. The Labute approximate surface area is 122 Å². The van der Waals surface area contributed by atoms with Crippen molar-refractivity contribution >= 4 is 21.6 Å². The average molecular weight is 309 g/mol. The fourth-order valence-corrected chi connectivity index (χ4v) is 2.67. The highest BCUT2D eigenvalue weighted by molar-refractivity contribution is 7.89. The van der Waals surface area contributed by atoms with E-state index in [2.05, 4.69) is 15.2 Å². The van der Waals surface area contributed by atoms with Crippen LogP contribution >= 0.6 is 0 Å². The highest BCUT2D eigenvalue weighted by atomic mass is 32.2. The molecule has 0 atom stereocenters. The molecule has 2 aromatic rings. The molecule has 2 N–H and O–H groups in total. The van der Waals surface area contributed by atoms with Crippen LogP contribution in [-0.4, -0.2) is 19.5 Å². The number of aromatic nitrogens is 1. The molecule has 8 heteroatoms. The lowest BCUT2D eigenvalue weighted by Gasteiger charge is -2.06. The number of sulfonamides is 1. The standard InChI is InChI=1S/C13H15N3O4S/c1-9-7-12(16-20-9)8-14-21(18,19)13-5-3-11(4-6-13)15-10(2)17/h3-7,14H,8H2,1-2H3,(H,15,17). The maximum atomic E-state index is 12.1. The number of nitrogens with zero attached hydrogens (tertiary/aromatic N) is 1. The van der Waals surface area contributed by atoms with Crippen LogP contribution in [0.1, 0.15) is 18.4 Å². The number of carbonyl (C=O) groups is 1. The van der Waals surface area contributed by atoms with Gasteiger partial charge in [0.05, 0.1) is 17.1 Å². The Balaban J connectivity index is 2.06. The largest absolute Gasteiger partial charge is 0.361 e. The molecule has 1 amide bonds. The molecule has 0 saturated heterocycles. The number of hydrogen-bond acceptors (Lipinski definition) is 5. The highest BCUT2D eigenvalue weighted by Crippen LogP contribution is 2.14. The van der Waals surface area contributed by atoms with E-state index in [0.717, 1.165) is 0 Å². The highest BCUT2D eigenvalue weighted by Gasteiger charge is 2.14. The number of aryl methyl sites for hydroxylation is 1. The van der Waals surface area contributed by atoms with Gasteiger partial charge in [-0.05, 0) is 31.2 Å². The number of rotatable bonds is 5. The first-order valence-electron chi connectivity index (χ1n) is 6.16. The lowest BCUT2D eigenvalue weighted by molar-refractivity contribution is -0.114. The van der Waals surface area contributed by atoms with Crippen LogP contribution in [-0.2, 0) is 21.4 Å². The molecule has 21 heavy (non-hydrogen) atoms. The van der Waals surface area contributed by atoms with Crippen LogP contribution in [0, 0.1) is 6.92 Å². The second-order valence-corrected chi connectivity index (χ2v) is 6.23. The van der Waals surface area contributed by atoms with E-state index in [4.69, 9.17) is 4.52 Å². The molecule has 0 saturated carbocycles. The Morgan fingerprint density at radius 1 is 1.29 bits per heavy atom. The monoisotopic (exact) mass is 309 g/mol. The molecule has 112 valence electrons. The second-order valence-electron chi connectivity index (χ2n) is 4.46. The van der Waals surface area contributed by atoms with Gasteiger partial charge in [0.15, 0.2) is 0 Å². The fourth-order valence-electron chi connectivity index (χ4n) is 1.67. The molecule has 1 aromatic carbocycles. The Hall–Kier alpha value is -2.19. The maximum Gasteiger partial charge on any atom is 0.240 e. The Bertz CT molecular complexity index is 735. The molecule has 0 radical (unpaired) electrons. The molecule has 1 heterocycles. The fraction of sp³-hybridized carbons (Fsp3) is 0.231. The normalized spacial score (nSPS) is 11.3. The summed E-state index contributed by atoms with van der Waals surface area (Å²) < 4.78 is 31.5. The van der Waals surface area contributed by atoms with Crippen LogP contribution < -0.4 is 10.0 Å². The Kier molecular flexibility index (Phi) is 4.39. The predicted octanol–water partition coefficient (Wildman–Crippen LogP) is 1.42. The zero-order valence-electron chi connectivity index (χ0n) is 11.6. The molecule has 0 spiro atoms. The lowest BCUT2D eigenvalue weighted by atomic mass is 10.3. The Morgan fingerprint density at radius 3 is 2.48 bits per heavy atom. The average Bonchev–Trinajstić information content (AvgIpc) is 2.82. The molecule has 0 aliphatic rings. The summed E-state index contributed by atoms with van der Waals surface area (Å²) >= 11 is 0. The van der Waals surface area contributed by atoms with Gasteiger partial charge in [-0.25, -0.2) is 13.1 Å². The lowest BCUT2D eigenvalue weighted by Crippen LogP contribution is -2.23. The first-order valence-corrected chi connectivity index (χ1v) is 7.64. The van der Waals surface area contributed by atoms with E-state index in [1.807, 2.05) is 0 Å². The first kappa shape index (κ1) is 15.2. The van der Waals surface area contributed by atoms with Crippen LogP contribution in [0.5, 0.6) is 0 Å². The van der Waals surface area contributed by atoms with Gasteiger partial charge in [-0.15, -0.1) is 0 Å². The zero-order chi connectivity index (χ0) is 15.5. The minimum Gasteiger partial charge on any atom is -0.361 e. The van der Waals surface area contributed by atoms with Crippen molar-refractivity contribution in [3.63, 3.8) is 0 Å². The number of benzene rings is 1. The molecular formula is C13H15N3O4S. The van der Waals surface area contributed by atoms with Gasteiger partial charge >= 0.3 is 0 Å². The second kappa shape index (κ2) is 6.06. The third kappa shape index (κ3) is 4.14. The van der Waals surface area contributed by atoms with Gasteiger partial charge in [0.1, 0.15) is 5.76 Å². The minimum absolute atomic E-state index is 0.0487. The van der Waals surface area contributed by atoms with Crippen molar-refractivity contribution in [1.82, 2.24) is 9.88 Å². The zero-order valence-corrected chi connectivity index (χ0v) is 12.4. The van der Waals surface area contributed by atoms with Crippen molar-refractivity contribution in [2.45, 2.75) is 25.3 Å². The third-order valence-corrected chi connectivity index (χ3v) is 4.02. The smallest absolute Gasteiger partial charge is 0.240 e. The summed E-state index contributed by atoms with van der Waals surface area (Å²) in [5.41, 5.74) is 1.04. The SMILES string of the molecule is CC(=O)Nc1ccc(S(=O)(=O)NCc2cc(C)on2)cc1. The van der Waals surface area contributed by atoms with Crippen molar-refractivity contribution in [3.05, 3.63) is 41.8 Å². The van der Waals surface area contributed by atoms with Gasteiger partial charge < -0.3 is 9.84 Å². The maximum absolute atomic E-state index is 12.1. The van der Waals surface area contributed by atoms with E-state index in [0.29, 0.717) is 17.1 Å². The first-order chi connectivity index (χ1) is 9.87. The van der Waals surface area contributed by atoms with Gasteiger partial charge in [-0.1, -0.05) is 5.16 Å². The van der Waals surface area contributed by atoms with Crippen LogP contribution in [0.2, 0.25) is 0 Å². The van der Waals surface area contributed by atoms with Crippen LogP contribution in [0.15, 0.2) is 39.8 Å². The summed E-state index contributed by atoms with van der Waals surface area (Å²) in [7, 11) is -3.64. The molecule has 0 bridgehead atoms. The van der Waals surface area contributed by atoms with Gasteiger partial charge in [0.25, 0.3) is 0 Å². The third-order valence-electron chi connectivity index (χ3n) is 2.61. The minimum atomic E-state index is -3.64. The molecule has 1 aromatic heterocycles. The van der Waals surface area contributed by atoms with Crippen molar-refractivity contribution in [2.75, 3.05) is 5.32 Å². The summed E-state index contributed by atoms with van der Waals surface area (Å²) in [5.74, 6) is 0.397. The summed E-state index contributed by atoms with van der Waals surface area (Å²) in [4.78, 5) is 11.0. The van der Waals surface area contributed by atoms with Crippen molar-refractivity contribution in [3.8, 4) is 0 Å². The van der Waals surface area contributed by atoms with Gasteiger partial charge in [0.2, 0.25) is 15.9 Å². The number of hydrogen-bond donors (Lipinski definition) is 2. The van der Waals surface area contributed by atoms with E-state index in [1.54, 1.807) is 13.0 Å². The van der Waals surface area contributed by atoms with Gasteiger partial charge in [0, 0.05) is 18.7 Å². The van der Waals surface area contributed by atoms with E-state index in [-0.39, 0.29) is 17.3 Å². The quantitative estimate of drug-likeness (QED) is 0.869. The molecule has 0 aliphatic carbocycles. The Morgan fingerprint density at radius 2 is 1.95 bits per heavy atom. The number of carbonyl (C=O) groups excluding carboxylic acids is 1. The van der Waals surface area contributed by atoms with Gasteiger partial charge in [-0.2, -0.15) is 0 Å². The summed E-state index contributed by atoms with van der Waals surface area (Å²) in [6, 6.07) is 7.54. The van der Waals surface area contributed by atoms with E-state index < -0.39 is 10.0 Å². The molecule has 7 nitrogen and oxygen atoms in total. The van der Waals surface area contributed by atoms with E-state index in [9.17, 15) is 13.2 Å². The molecule has 0 unspecified atom stereocenters. The van der Waals surface area contributed by atoms with Crippen molar-refractivity contribution in [2.24, 2.45) is 0 Å².